The zero-order chi connectivity index (χ0) is 12.5. The second kappa shape index (κ2) is 7.27. The summed E-state index contributed by atoms with van der Waals surface area (Å²) in [5, 5.41) is 5.91. The Labute approximate surface area is 101 Å². The predicted octanol–water partition coefficient (Wildman–Crippen LogP) is 1.19. The Kier molecular flexibility index (Phi) is 5.57. The number of ether oxygens (including phenoxy) is 1. The zero-order valence-corrected chi connectivity index (χ0v) is 10.1. The second-order valence-electron chi connectivity index (χ2n) is 3.30. The minimum atomic E-state index is -0.0818. The number of carbonyl (C=O) groups is 1. The fraction of sp³-hybridized carbons (Fsp3) is 0.333. The number of methoxy groups -OCH3 is 1. The molecule has 1 aromatic heterocycles. The van der Waals surface area contributed by atoms with E-state index in [4.69, 9.17) is 4.74 Å². The number of aromatic nitrogens is 1. The third-order valence-corrected chi connectivity index (χ3v) is 2.02. The summed E-state index contributed by atoms with van der Waals surface area (Å²) in [6.45, 7) is 3.02. The molecule has 0 aromatic carbocycles. The molecule has 0 saturated heterocycles. The number of anilines is 1. The van der Waals surface area contributed by atoms with Gasteiger partial charge in [-0.05, 0) is 19.1 Å². The molecule has 0 aliphatic heterocycles. The second-order valence-corrected chi connectivity index (χ2v) is 3.30. The zero-order valence-electron chi connectivity index (χ0n) is 10.1. The fourth-order valence-corrected chi connectivity index (χ4v) is 1.23. The van der Waals surface area contributed by atoms with Crippen LogP contribution >= 0.6 is 0 Å². The number of hydrogen-bond acceptors (Lipinski definition) is 4. The number of nitrogens with zero attached hydrogens (tertiary/aromatic N) is 1. The van der Waals surface area contributed by atoms with Crippen molar-refractivity contribution in [3.05, 3.63) is 30.5 Å². The van der Waals surface area contributed by atoms with Gasteiger partial charge in [0.15, 0.2) is 0 Å². The maximum atomic E-state index is 11.1. The first kappa shape index (κ1) is 13.0. The molecule has 0 atom stereocenters. The maximum absolute atomic E-state index is 11.1. The Bertz CT molecular complexity index is 391. The normalized spacial score (nSPS) is 10.2. The Morgan fingerprint density at radius 3 is 3.06 bits per heavy atom. The minimum Gasteiger partial charge on any atom is -0.481 e. The van der Waals surface area contributed by atoms with Gasteiger partial charge in [-0.3, -0.25) is 4.79 Å². The SMILES string of the molecule is C/C=C/C(=O)NCCNc1ccnc(OC)c1. The number of rotatable bonds is 6. The highest BCUT2D eigenvalue weighted by atomic mass is 16.5. The number of allylic oxidation sites excluding steroid dienone is 1. The number of hydrogen-bond donors (Lipinski definition) is 2. The van der Waals surface area contributed by atoms with Crippen molar-refractivity contribution in [3.8, 4) is 5.88 Å². The van der Waals surface area contributed by atoms with Gasteiger partial charge in [0.2, 0.25) is 11.8 Å². The lowest BCUT2D eigenvalue weighted by molar-refractivity contribution is -0.116. The van der Waals surface area contributed by atoms with Crippen LogP contribution in [0.15, 0.2) is 30.5 Å². The number of amides is 1. The molecule has 5 nitrogen and oxygen atoms in total. The molecule has 1 heterocycles. The summed E-state index contributed by atoms with van der Waals surface area (Å²) < 4.78 is 5.00. The predicted molar refractivity (Wildman–Crippen MR) is 67.1 cm³/mol. The molecule has 92 valence electrons. The van der Waals surface area contributed by atoms with E-state index in [2.05, 4.69) is 15.6 Å². The Hall–Kier alpha value is -2.04. The number of carbonyl (C=O) groups excluding carboxylic acids is 1. The van der Waals surface area contributed by atoms with Gasteiger partial charge in [-0.15, -0.1) is 0 Å². The van der Waals surface area contributed by atoms with Crippen LogP contribution in [0.3, 0.4) is 0 Å². The molecule has 0 unspecified atom stereocenters. The monoisotopic (exact) mass is 235 g/mol. The van der Waals surface area contributed by atoms with E-state index in [-0.39, 0.29) is 5.91 Å². The van der Waals surface area contributed by atoms with Crippen molar-refractivity contribution < 1.29 is 9.53 Å². The van der Waals surface area contributed by atoms with Gasteiger partial charge in [0, 0.05) is 31.0 Å². The summed E-state index contributed by atoms with van der Waals surface area (Å²) in [5.74, 6) is 0.481. The molecule has 1 aromatic rings. The van der Waals surface area contributed by atoms with Crippen molar-refractivity contribution in [3.63, 3.8) is 0 Å². The van der Waals surface area contributed by atoms with E-state index in [1.54, 1.807) is 32.4 Å². The van der Waals surface area contributed by atoms with Crippen molar-refractivity contribution in [1.29, 1.82) is 0 Å². The molecule has 0 bridgehead atoms. The van der Waals surface area contributed by atoms with Crippen LogP contribution in [0.4, 0.5) is 5.69 Å². The number of nitrogens with one attached hydrogen (secondary N) is 2. The lowest BCUT2D eigenvalue weighted by Gasteiger charge is -2.07. The maximum Gasteiger partial charge on any atom is 0.243 e. The fourth-order valence-electron chi connectivity index (χ4n) is 1.23. The Balaban J connectivity index is 2.28. The van der Waals surface area contributed by atoms with Gasteiger partial charge >= 0.3 is 0 Å². The van der Waals surface area contributed by atoms with Crippen LogP contribution in [-0.4, -0.2) is 31.1 Å². The first-order chi connectivity index (χ1) is 8.26. The topological polar surface area (TPSA) is 63.2 Å². The van der Waals surface area contributed by atoms with E-state index in [0.29, 0.717) is 19.0 Å². The third kappa shape index (κ3) is 5.01. The summed E-state index contributed by atoms with van der Waals surface area (Å²) in [6.07, 6.45) is 4.87. The Morgan fingerprint density at radius 2 is 2.35 bits per heavy atom. The van der Waals surface area contributed by atoms with Crippen molar-refractivity contribution in [2.75, 3.05) is 25.5 Å². The lowest BCUT2D eigenvalue weighted by atomic mass is 10.4. The molecular weight excluding hydrogens is 218 g/mol. The molecule has 0 fully saturated rings. The smallest absolute Gasteiger partial charge is 0.243 e. The van der Waals surface area contributed by atoms with Gasteiger partial charge in [-0.1, -0.05) is 6.08 Å². The van der Waals surface area contributed by atoms with Gasteiger partial charge in [-0.2, -0.15) is 0 Å². The van der Waals surface area contributed by atoms with E-state index < -0.39 is 0 Å². The van der Waals surface area contributed by atoms with Crippen LogP contribution in [0.25, 0.3) is 0 Å². The first-order valence-electron chi connectivity index (χ1n) is 5.40. The number of pyridine rings is 1. The van der Waals surface area contributed by atoms with Gasteiger partial charge < -0.3 is 15.4 Å². The summed E-state index contributed by atoms with van der Waals surface area (Å²) in [4.78, 5) is 15.1. The van der Waals surface area contributed by atoms with E-state index in [9.17, 15) is 4.79 Å². The van der Waals surface area contributed by atoms with Gasteiger partial charge in [-0.25, -0.2) is 4.98 Å². The van der Waals surface area contributed by atoms with Gasteiger partial charge in [0.25, 0.3) is 0 Å². The molecule has 5 heteroatoms. The average Bonchev–Trinajstić information content (AvgIpc) is 2.35. The third-order valence-electron chi connectivity index (χ3n) is 2.02. The summed E-state index contributed by atoms with van der Waals surface area (Å²) >= 11 is 0. The molecule has 0 aliphatic carbocycles. The van der Waals surface area contributed by atoms with Crippen LogP contribution in [0.2, 0.25) is 0 Å². The summed E-state index contributed by atoms with van der Waals surface area (Å²) in [6, 6.07) is 3.64. The molecule has 0 saturated carbocycles. The molecule has 17 heavy (non-hydrogen) atoms. The molecule has 0 aliphatic rings. The average molecular weight is 235 g/mol. The largest absolute Gasteiger partial charge is 0.481 e. The minimum absolute atomic E-state index is 0.0818. The van der Waals surface area contributed by atoms with Crippen LogP contribution in [0.1, 0.15) is 6.92 Å². The van der Waals surface area contributed by atoms with Crippen LogP contribution in [-0.2, 0) is 4.79 Å². The van der Waals surface area contributed by atoms with Crippen molar-refractivity contribution in [2.45, 2.75) is 6.92 Å². The molecule has 0 radical (unpaired) electrons. The highest BCUT2D eigenvalue weighted by Crippen LogP contribution is 2.12. The van der Waals surface area contributed by atoms with Crippen molar-refractivity contribution in [1.82, 2.24) is 10.3 Å². The van der Waals surface area contributed by atoms with Gasteiger partial charge in [0.1, 0.15) is 0 Å². The summed E-state index contributed by atoms with van der Waals surface area (Å²) in [7, 11) is 1.57. The van der Waals surface area contributed by atoms with E-state index in [0.717, 1.165) is 5.69 Å². The molecule has 2 N–H and O–H groups in total. The lowest BCUT2D eigenvalue weighted by Crippen LogP contribution is -2.27. The van der Waals surface area contributed by atoms with Crippen molar-refractivity contribution in [2.24, 2.45) is 0 Å². The quantitative estimate of drug-likeness (QED) is 0.574. The Morgan fingerprint density at radius 1 is 1.53 bits per heavy atom. The molecule has 1 rings (SSSR count). The van der Waals surface area contributed by atoms with Crippen molar-refractivity contribution >= 4 is 11.6 Å². The van der Waals surface area contributed by atoms with Gasteiger partial charge in [0.05, 0.1) is 7.11 Å². The van der Waals surface area contributed by atoms with E-state index in [1.807, 2.05) is 6.07 Å². The summed E-state index contributed by atoms with van der Waals surface area (Å²) in [5.41, 5.74) is 0.914. The molecular formula is C12H17N3O2. The standard InChI is InChI=1S/C12H17N3O2/c1-3-4-11(16)14-8-7-13-10-5-6-15-12(9-10)17-2/h3-6,9H,7-8H2,1-2H3,(H,13,15)(H,14,16)/b4-3+. The highest BCUT2D eigenvalue weighted by molar-refractivity contribution is 5.87. The molecule has 1 amide bonds. The van der Waals surface area contributed by atoms with E-state index >= 15 is 0 Å². The van der Waals surface area contributed by atoms with Crippen LogP contribution < -0.4 is 15.4 Å². The molecule has 0 spiro atoms. The van der Waals surface area contributed by atoms with Crippen LogP contribution in [0.5, 0.6) is 5.88 Å². The highest BCUT2D eigenvalue weighted by Gasteiger charge is 1.96. The first-order valence-corrected chi connectivity index (χ1v) is 5.40. The van der Waals surface area contributed by atoms with E-state index in [1.165, 1.54) is 6.08 Å². The van der Waals surface area contributed by atoms with Crippen LogP contribution in [0, 0.1) is 0 Å².